The van der Waals surface area contributed by atoms with Crippen LogP contribution in [0.5, 0.6) is 5.75 Å². The lowest BCUT2D eigenvalue weighted by Crippen LogP contribution is -2.26. The van der Waals surface area contributed by atoms with Gasteiger partial charge in [-0.05, 0) is 53.6 Å². The van der Waals surface area contributed by atoms with E-state index < -0.39 is 0 Å². The van der Waals surface area contributed by atoms with Crippen molar-refractivity contribution in [3.63, 3.8) is 0 Å². The number of carbonyl (C=O) groups excluding carboxylic acids is 2. The molecule has 3 amide bonds. The zero-order chi connectivity index (χ0) is 22.5. The van der Waals surface area contributed by atoms with E-state index in [1.165, 1.54) is 0 Å². The van der Waals surface area contributed by atoms with E-state index in [2.05, 4.69) is 26.4 Å². The van der Waals surface area contributed by atoms with Crippen molar-refractivity contribution in [2.75, 3.05) is 29.7 Å². The summed E-state index contributed by atoms with van der Waals surface area (Å²) in [4.78, 5) is 28.2. The van der Waals surface area contributed by atoms with Gasteiger partial charge in [-0.3, -0.25) is 9.78 Å². The number of urea groups is 1. The summed E-state index contributed by atoms with van der Waals surface area (Å²) < 4.78 is 5.82. The van der Waals surface area contributed by atoms with Crippen molar-refractivity contribution in [3.05, 3.63) is 77.6 Å². The van der Waals surface area contributed by atoms with E-state index >= 15 is 0 Å². The maximum Gasteiger partial charge on any atom is 0.323 e. The van der Waals surface area contributed by atoms with Crippen LogP contribution in [-0.2, 0) is 13.2 Å². The highest BCUT2D eigenvalue weighted by atomic mass is 16.5. The molecule has 0 saturated carbocycles. The first-order valence-electron chi connectivity index (χ1n) is 10.1. The standard InChI is InChI=1S/C23H24N6O3/c1-24-22(30)20-10-15(8-9-25-20)14-32-19-5-3-4-17(12-19)27-23(31)28-18-6-7-21-16(11-18)13-26-29(21)2/h3-12,26H,13-14H2,1-2H3,(H,24,30)(H2,27,28,31). The first-order valence-corrected chi connectivity index (χ1v) is 10.1. The number of benzene rings is 2. The van der Waals surface area contributed by atoms with Gasteiger partial charge in [0, 0.05) is 44.3 Å². The third-order valence-corrected chi connectivity index (χ3v) is 4.99. The highest BCUT2D eigenvalue weighted by Gasteiger charge is 2.15. The lowest BCUT2D eigenvalue weighted by Gasteiger charge is -2.13. The molecule has 0 aliphatic carbocycles. The molecular weight excluding hydrogens is 408 g/mol. The maximum absolute atomic E-state index is 12.4. The van der Waals surface area contributed by atoms with Gasteiger partial charge in [0.05, 0.1) is 5.69 Å². The summed E-state index contributed by atoms with van der Waals surface area (Å²) in [5.74, 6) is 0.337. The smallest absolute Gasteiger partial charge is 0.323 e. The van der Waals surface area contributed by atoms with Crippen LogP contribution in [0.3, 0.4) is 0 Å². The Bertz CT molecular complexity index is 1150. The number of nitrogens with one attached hydrogen (secondary N) is 4. The number of ether oxygens (including phenoxy) is 1. The van der Waals surface area contributed by atoms with E-state index in [4.69, 9.17) is 4.74 Å². The van der Waals surface area contributed by atoms with Crippen LogP contribution in [0.4, 0.5) is 21.9 Å². The van der Waals surface area contributed by atoms with Crippen LogP contribution in [0.2, 0.25) is 0 Å². The van der Waals surface area contributed by atoms with Gasteiger partial charge in [0.2, 0.25) is 0 Å². The lowest BCUT2D eigenvalue weighted by atomic mass is 10.1. The second kappa shape index (κ2) is 9.36. The molecule has 0 unspecified atom stereocenters. The number of hydrogen-bond donors (Lipinski definition) is 4. The van der Waals surface area contributed by atoms with Crippen LogP contribution >= 0.6 is 0 Å². The van der Waals surface area contributed by atoms with E-state index in [-0.39, 0.29) is 18.5 Å². The van der Waals surface area contributed by atoms with Crippen LogP contribution in [0.15, 0.2) is 60.8 Å². The van der Waals surface area contributed by atoms with Crippen LogP contribution in [0.1, 0.15) is 21.6 Å². The number of carbonyl (C=O) groups is 2. The van der Waals surface area contributed by atoms with Crippen molar-refractivity contribution in [2.45, 2.75) is 13.2 Å². The molecule has 4 rings (SSSR count). The molecule has 4 N–H and O–H groups in total. The van der Waals surface area contributed by atoms with Crippen molar-refractivity contribution >= 4 is 29.0 Å². The van der Waals surface area contributed by atoms with E-state index in [0.717, 1.165) is 29.0 Å². The fourth-order valence-electron chi connectivity index (χ4n) is 3.36. The molecule has 32 heavy (non-hydrogen) atoms. The van der Waals surface area contributed by atoms with Crippen LogP contribution in [-0.4, -0.2) is 31.0 Å². The molecule has 0 saturated heterocycles. The highest BCUT2D eigenvalue weighted by Crippen LogP contribution is 2.27. The Kier molecular flexibility index (Phi) is 6.18. The summed E-state index contributed by atoms with van der Waals surface area (Å²) in [6, 6.07) is 16.0. The Hall–Kier alpha value is -4.11. The second-order valence-electron chi connectivity index (χ2n) is 7.26. The van der Waals surface area contributed by atoms with Crippen LogP contribution < -0.4 is 31.1 Å². The summed E-state index contributed by atoms with van der Waals surface area (Å²) in [5.41, 5.74) is 7.89. The minimum atomic E-state index is -0.342. The number of fused-ring (bicyclic) bond motifs is 1. The normalized spacial score (nSPS) is 12.1. The number of hydrazine groups is 1. The molecule has 0 fully saturated rings. The molecule has 9 heteroatoms. The quantitative estimate of drug-likeness (QED) is 0.477. The summed E-state index contributed by atoms with van der Waals surface area (Å²) in [6.45, 7) is 0.990. The van der Waals surface area contributed by atoms with Crippen molar-refractivity contribution < 1.29 is 14.3 Å². The summed E-state index contributed by atoms with van der Waals surface area (Å²) in [6.07, 6.45) is 1.57. The van der Waals surface area contributed by atoms with Gasteiger partial charge in [-0.25, -0.2) is 10.2 Å². The average Bonchev–Trinajstić information content (AvgIpc) is 3.17. The SMILES string of the molecule is CNC(=O)c1cc(COc2cccc(NC(=O)Nc3ccc4c(c3)CNN4C)c2)ccn1. The summed E-state index contributed by atoms with van der Waals surface area (Å²) >= 11 is 0. The molecule has 2 aromatic carbocycles. The lowest BCUT2D eigenvalue weighted by molar-refractivity contribution is 0.0958. The van der Waals surface area contributed by atoms with Crippen molar-refractivity contribution in [3.8, 4) is 5.75 Å². The molecule has 164 valence electrons. The molecule has 0 bridgehead atoms. The molecule has 1 aliphatic heterocycles. The topological polar surface area (TPSA) is 108 Å². The fourth-order valence-corrected chi connectivity index (χ4v) is 3.36. The van der Waals surface area contributed by atoms with E-state index in [1.807, 2.05) is 30.3 Å². The molecule has 0 spiro atoms. The van der Waals surface area contributed by atoms with Gasteiger partial charge in [0.15, 0.2) is 0 Å². The van der Waals surface area contributed by atoms with Crippen molar-refractivity contribution in [1.82, 2.24) is 15.7 Å². The van der Waals surface area contributed by atoms with Gasteiger partial charge in [-0.2, -0.15) is 0 Å². The molecule has 2 heterocycles. The van der Waals surface area contributed by atoms with Gasteiger partial charge in [-0.1, -0.05) is 6.07 Å². The number of anilines is 3. The van der Waals surface area contributed by atoms with E-state index in [1.54, 1.807) is 49.6 Å². The van der Waals surface area contributed by atoms with Gasteiger partial charge in [0.1, 0.15) is 18.1 Å². The Morgan fingerprint density at radius 2 is 1.91 bits per heavy atom. The van der Waals surface area contributed by atoms with Gasteiger partial charge in [0.25, 0.3) is 5.91 Å². The van der Waals surface area contributed by atoms with Gasteiger partial charge < -0.3 is 25.7 Å². The number of aromatic nitrogens is 1. The first-order chi connectivity index (χ1) is 15.5. The minimum absolute atomic E-state index is 0.254. The fraction of sp³-hybridized carbons (Fsp3) is 0.174. The number of nitrogens with zero attached hydrogens (tertiary/aromatic N) is 2. The summed E-state index contributed by atoms with van der Waals surface area (Å²) in [5, 5.41) is 10.2. The van der Waals surface area contributed by atoms with Crippen LogP contribution in [0.25, 0.3) is 0 Å². The monoisotopic (exact) mass is 432 g/mol. The van der Waals surface area contributed by atoms with Crippen LogP contribution in [0, 0.1) is 0 Å². The molecule has 9 nitrogen and oxygen atoms in total. The predicted octanol–water partition coefficient (Wildman–Crippen LogP) is 3.12. The van der Waals surface area contributed by atoms with Gasteiger partial charge in [-0.15, -0.1) is 0 Å². The number of rotatable bonds is 6. The summed E-state index contributed by atoms with van der Waals surface area (Å²) in [7, 11) is 3.51. The van der Waals surface area contributed by atoms with Gasteiger partial charge >= 0.3 is 6.03 Å². The Morgan fingerprint density at radius 1 is 1.09 bits per heavy atom. The van der Waals surface area contributed by atoms with Crippen molar-refractivity contribution in [1.29, 1.82) is 0 Å². The average molecular weight is 432 g/mol. The van der Waals surface area contributed by atoms with E-state index in [9.17, 15) is 9.59 Å². The Balaban J connectivity index is 1.35. The number of hydrogen-bond acceptors (Lipinski definition) is 6. The molecule has 1 aromatic heterocycles. The third kappa shape index (κ3) is 4.96. The molecule has 3 aromatic rings. The molecular formula is C23H24N6O3. The highest BCUT2D eigenvalue weighted by molar-refractivity contribution is 6.00. The molecule has 0 atom stereocenters. The minimum Gasteiger partial charge on any atom is -0.489 e. The third-order valence-electron chi connectivity index (χ3n) is 4.99. The van der Waals surface area contributed by atoms with E-state index in [0.29, 0.717) is 17.1 Å². The zero-order valence-electron chi connectivity index (χ0n) is 17.8. The van der Waals surface area contributed by atoms with Crippen molar-refractivity contribution in [2.24, 2.45) is 0 Å². The number of amides is 3. The first kappa shape index (κ1) is 21.1. The Morgan fingerprint density at radius 3 is 2.72 bits per heavy atom. The number of pyridine rings is 1. The predicted molar refractivity (Wildman–Crippen MR) is 123 cm³/mol. The largest absolute Gasteiger partial charge is 0.489 e. The molecule has 0 radical (unpaired) electrons. The Labute approximate surface area is 185 Å². The molecule has 1 aliphatic rings. The zero-order valence-corrected chi connectivity index (χ0v) is 17.8. The maximum atomic E-state index is 12.4. The second-order valence-corrected chi connectivity index (χ2v) is 7.26.